The Morgan fingerprint density at radius 3 is 2.12 bits per heavy atom. The summed E-state index contributed by atoms with van der Waals surface area (Å²) in [6, 6.07) is 9.36. The molecule has 1 aromatic rings. The maximum Gasteiger partial charge on any atom is 0.243 e. The molecule has 0 radical (unpaired) electrons. The van der Waals surface area contributed by atoms with Crippen molar-refractivity contribution in [1.82, 2.24) is 4.90 Å². The summed E-state index contributed by atoms with van der Waals surface area (Å²) in [4.78, 5) is 26.8. The van der Waals surface area contributed by atoms with Crippen LogP contribution in [0.1, 0.15) is 45.1 Å². The molecule has 1 aromatic carbocycles. The first-order valence-corrected chi connectivity index (χ1v) is 10.6. The minimum atomic E-state index is -3.49. The Balaban J connectivity index is 1.79. The molecule has 0 bridgehead atoms. The number of carbonyl (C=O) groups is 2. The van der Waals surface area contributed by atoms with Crippen LogP contribution in [0, 0.1) is 0 Å². The Morgan fingerprint density at radius 2 is 1.65 bits per heavy atom. The molecule has 6 nitrogen and oxygen atoms in total. The van der Waals surface area contributed by atoms with E-state index in [1.807, 2.05) is 30.3 Å². The standard InChI is InChI=1S/C19H26N2O4S/c1-18(2,26(24,25)15-8-9-15)17(23)21-12-10-19(11-13-21,16(20)22)14-6-4-3-5-7-14/h3-7,15H,8-13H2,1-2H3,(H2,20,22). The van der Waals surface area contributed by atoms with Crippen molar-refractivity contribution in [2.24, 2.45) is 5.73 Å². The highest BCUT2D eigenvalue weighted by Crippen LogP contribution is 2.39. The lowest BCUT2D eigenvalue weighted by atomic mass is 9.72. The van der Waals surface area contributed by atoms with Crippen LogP contribution in [0.3, 0.4) is 0 Å². The molecule has 142 valence electrons. The Hall–Kier alpha value is -1.89. The SMILES string of the molecule is CC(C)(C(=O)N1CCC(C(N)=O)(c2ccccc2)CC1)S(=O)(=O)C1CC1. The zero-order valence-electron chi connectivity index (χ0n) is 15.3. The van der Waals surface area contributed by atoms with Crippen LogP contribution >= 0.6 is 0 Å². The number of amides is 2. The van der Waals surface area contributed by atoms with Crippen molar-refractivity contribution in [2.75, 3.05) is 13.1 Å². The van der Waals surface area contributed by atoms with Crippen LogP contribution in [0.5, 0.6) is 0 Å². The zero-order valence-corrected chi connectivity index (χ0v) is 16.1. The third kappa shape index (κ3) is 2.92. The molecule has 1 saturated carbocycles. The van der Waals surface area contributed by atoms with Crippen LogP contribution < -0.4 is 5.73 Å². The average Bonchev–Trinajstić information content (AvgIpc) is 3.47. The zero-order chi connectivity index (χ0) is 19.2. The fourth-order valence-corrected chi connectivity index (χ4v) is 5.79. The van der Waals surface area contributed by atoms with Gasteiger partial charge in [-0.3, -0.25) is 9.59 Å². The first kappa shape index (κ1) is 18.9. The van der Waals surface area contributed by atoms with Gasteiger partial charge in [-0.15, -0.1) is 0 Å². The molecule has 2 N–H and O–H groups in total. The molecular formula is C19H26N2O4S. The Labute approximate surface area is 154 Å². The molecule has 7 heteroatoms. The summed E-state index contributed by atoms with van der Waals surface area (Å²) in [7, 11) is -3.49. The summed E-state index contributed by atoms with van der Waals surface area (Å²) in [6.07, 6.45) is 2.07. The second-order valence-corrected chi connectivity index (χ2v) is 10.6. The van der Waals surface area contributed by atoms with Crippen molar-refractivity contribution < 1.29 is 18.0 Å². The molecule has 0 unspecified atom stereocenters. The second kappa shape index (κ2) is 6.37. The minimum Gasteiger partial charge on any atom is -0.369 e. The first-order valence-electron chi connectivity index (χ1n) is 9.01. The number of sulfone groups is 1. The molecule has 0 atom stereocenters. The molecule has 3 rings (SSSR count). The summed E-state index contributed by atoms with van der Waals surface area (Å²) < 4.78 is 23.8. The Morgan fingerprint density at radius 1 is 1.12 bits per heavy atom. The van der Waals surface area contributed by atoms with Gasteiger partial charge in [0.25, 0.3) is 0 Å². The first-order chi connectivity index (χ1) is 12.1. The molecule has 26 heavy (non-hydrogen) atoms. The number of nitrogens with two attached hydrogens (primary N) is 1. The molecule has 1 saturated heterocycles. The van der Waals surface area contributed by atoms with Crippen molar-refractivity contribution >= 4 is 21.7 Å². The fourth-order valence-electron chi connectivity index (χ4n) is 3.82. The van der Waals surface area contributed by atoms with E-state index in [4.69, 9.17) is 5.73 Å². The van der Waals surface area contributed by atoms with Crippen LogP contribution in [-0.2, 0) is 24.8 Å². The van der Waals surface area contributed by atoms with E-state index in [9.17, 15) is 18.0 Å². The van der Waals surface area contributed by atoms with E-state index >= 15 is 0 Å². The van der Waals surface area contributed by atoms with E-state index < -0.39 is 25.9 Å². The summed E-state index contributed by atoms with van der Waals surface area (Å²) >= 11 is 0. The second-order valence-electron chi connectivity index (χ2n) is 7.86. The molecular weight excluding hydrogens is 352 g/mol. The van der Waals surface area contributed by atoms with Gasteiger partial charge in [-0.05, 0) is 45.1 Å². The fraction of sp³-hybridized carbons (Fsp3) is 0.579. The number of rotatable bonds is 5. The van der Waals surface area contributed by atoms with Crippen molar-refractivity contribution in [3.63, 3.8) is 0 Å². The van der Waals surface area contributed by atoms with E-state index in [0.29, 0.717) is 38.8 Å². The van der Waals surface area contributed by atoms with Gasteiger partial charge in [-0.1, -0.05) is 30.3 Å². The van der Waals surface area contributed by atoms with Crippen molar-refractivity contribution in [2.45, 2.75) is 54.9 Å². The molecule has 1 aliphatic carbocycles. The van der Waals surface area contributed by atoms with Gasteiger partial charge < -0.3 is 10.6 Å². The highest BCUT2D eigenvalue weighted by atomic mass is 32.2. The number of hydrogen-bond donors (Lipinski definition) is 1. The van der Waals surface area contributed by atoms with Crippen molar-refractivity contribution in [3.05, 3.63) is 35.9 Å². The van der Waals surface area contributed by atoms with E-state index in [2.05, 4.69) is 0 Å². The number of primary amides is 1. The van der Waals surface area contributed by atoms with Crippen LogP contribution in [0.15, 0.2) is 30.3 Å². The molecule has 0 spiro atoms. The summed E-state index contributed by atoms with van der Waals surface area (Å²) in [6.45, 7) is 3.63. The summed E-state index contributed by atoms with van der Waals surface area (Å²) in [5.41, 5.74) is 5.76. The van der Waals surface area contributed by atoms with Gasteiger partial charge in [0.1, 0.15) is 4.75 Å². The van der Waals surface area contributed by atoms with Gasteiger partial charge in [0, 0.05) is 13.1 Å². The number of hydrogen-bond acceptors (Lipinski definition) is 4. The predicted octanol–water partition coefficient (Wildman–Crippen LogP) is 1.39. The predicted molar refractivity (Wildman–Crippen MR) is 99.1 cm³/mol. The smallest absolute Gasteiger partial charge is 0.243 e. The molecule has 0 aromatic heterocycles. The van der Waals surface area contributed by atoms with Gasteiger partial charge in [0.2, 0.25) is 11.8 Å². The van der Waals surface area contributed by atoms with E-state index in [-0.39, 0.29) is 11.2 Å². The maximum atomic E-state index is 12.9. The lowest BCUT2D eigenvalue weighted by molar-refractivity contribution is -0.137. The highest BCUT2D eigenvalue weighted by Gasteiger charge is 2.53. The highest BCUT2D eigenvalue weighted by molar-refractivity contribution is 7.94. The van der Waals surface area contributed by atoms with Crippen LogP contribution in [0.25, 0.3) is 0 Å². The topological polar surface area (TPSA) is 97.5 Å². The third-order valence-corrected chi connectivity index (χ3v) is 8.84. The van der Waals surface area contributed by atoms with Gasteiger partial charge in [0.05, 0.1) is 10.7 Å². The summed E-state index contributed by atoms with van der Waals surface area (Å²) in [5.74, 6) is -0.781. The monoisotopic (exact) mass is 378 g/mol. The van der Waals surface area contributed by atoms with Crippen LogP contribution in [0.2, 0.25) is 0 Å². The third-order valence-electron chi connectivity index (χ3n) is 5.89. The molecule has 1 heterocycles. The molecule has 2 amide bonds. The molecule has 1 aliphatic heterocycles. The maximum absolute atomic E-state index is 12.9. The molecule has 2 fully saturated rings. The molecule has 2 aliphatic rings. The van der Waals surface area contributed by atoms with Gasteiger partial charge >= 0.3 is 0 Å². The minimum absolute atomic E-state index is 0.320. The van der Waals surface area contributed by atoms with Crippen molar-refractivity contribution in [1.29, 1.82) is 0 Å². The lowest BCUT2D eigenvalue weighted by Gasteiger charge is -2.42. The van der Waals surface area contributed by atoms with E-state index in [0.717, 1.165) is 5.56 Å². The average molecular weight is 378 g/mol. The Kier molecular flexibility index (Phi) is 4.63. The number of benzene rings is 1. The number of piperidine rings is 1. The van der Waals surface area contributed by atoms with Crippen LogP contribution in [-0.4, -0.2) is 48.2 Å². The van der Waals surface area contributed by atoms with E-state index in [1.165, 1.54) is 13.8 Å². The van der Waals surface area contributed by atoms with Gasteiger partial charge in [-0.25, -0.2) is 8.42 Å². The van der Waals surface area contributed by atoms with Gasteiger partial charge in [0.15, 0.2) is 9.84 Å². The number of likely N-dealkylation sites (tertiary alicyclic amines) is 1. The normalized spacial score (nSPS) is 20.6. The summed E-state index contributed by atoms with van der Waals surface area (Å²) in [5, 5.41) is -0.389. The largest absolute Gasteiger partial charge is 0.369 e. The van der Waals surface area contributed by atoms with Crippen LogP contribution in [0.4, 0.5) is 0 Å². The lowest BCUT2D eigenvalue weighted by Crippen LogP contribution is -2.57. The number of nitrogens with zero attached hydrogens (tertiary/aromatic N) is 1. The van der Waals surface area contributed by atoms with Gasteiger partial charge in [-0.2, -0.15) is 0 Å². The number of carbonyl (C=O) groups excluding carboxylic acids is 2. The van der Waals surface area contributed by atoms with E-state index in [1.54, 1.807) is 4.90 Å². The van der Waals surface area contributed by atoms with Crippen molar-refractivity contribution in [3.8, 4) is 0 Å². The quantitative estimate of drug-likeness (QED) is 0.837. The Bertz CT molecular complexity index is 805.